The van der Waals surface area contributed by atoms with E-state index in [1.165, 1.54) is 5.56 Å². The van der Waals surface area contributed by atoms with Gasteiger partial charge in [-0.15, -0.1) is 35.3 Å². The number of hydrogen-bond donors (Lipinski definition) is 1. The summed E-state index contributed by atoms with van der Waals surface area (Å²) in [5, 5.41) is 3.86. The van der Waals surface area contributed by atoms with Gasteiger partial charge in [0.05, 0.1) is 6.54 Å². The van der Waals surface area contributed by atoms with Crippen LogP contribution in [-0.4, -0.2) is 61.8 Å². The molecule has 158 valence electrons. The van der Waals surface area contributed by atoms with Crippen molar-refractivity contribution in [1.29, 1.82) is 0 Å². The Hall–Kier alpha value is -1.10. The van der Waals surface area contributed by atoms with E-state index in [2.05, 4.69) is 26.9 Å². The minimum atomic E-state index is -0.0590. The number of nitrogens with zero attached hydrogens (tertiary/aromatic N) is 4. The van der Waals surface area contributed by atoms with Crippen molar-refractivity contribution >= 4 is 58.0 Å². The average Bonchev–Trinajstić information content (AvgIpc) is 3.28. The Morgan fingerprint density at radius 1 is 1.24 bits per heavy atom. The lowest BCUT2D eigenvalue weighted by atomic mass is 9.74. The molecule has 2 N–H and O–H groups in total. The van der Waals surface area contributed by atoms with E-state index in [4.69, 9.17) is 27.1 Å². The Morgan fingerprint density at radius 3 is 2.66 bits per heavy atom. The highest BCUT2D eigenvalue weighted by atomic mass is 127. The molecule has 2 aromatic rings. The van der Waals surface area contributed by atoms with Crippen LogP contribution in [0.4, 0.5) is 5.13 Å². The second-order valence-corrected chi connectivity index (χ2v) is 8.68. The van der Waals surface area contributed by atoms with E-state index >= 15 is 0 Å². The Labute approximate surface area is 198 Å². The molecule has 4 rings (SSSR count). The van der Waals surface area contributed by atoms with E-state index in [-0.39, 0.29) is 29.4 Å². The quantitative estimate of drug-likeness (QED) is 0.360. The summed E-state index contributed by atoms with van der Waals surface area (Å²) in [6, 6.07) is 8.14. The molecule has 1 aromatic carbocycles. The summed E-state index contributed by atoms with van der Waals surface area (Å²) in [7, 11) is 0. The highest BCUT2D eigenvalue weighted by molar-refractivity contribution is 14.0. The van der Waals surface area contributed by atoms with E-state index in [1.807, 2.05) is 23.7 Å². The lowest BCUT2D eigenvalue weighted by Gasteiger charge is -2.38. The fourth-order valence-electron chi connectivity index (χ4n) is 3.95. The van der Waals surface area contributed by atoms with Crippen molar-refractivity contribution in [2.75, 3.05) is 50.8 Å². The molecule has 6 nitrogen and oxygen atoms in total. The van der Waals surface area contributed by atoms with Crippen molar-refractivity contribution in [3.63, 3.8) is 0 Å². The van der Waals surface area contributed by atoms with Crippen LogP contribution in [0, 0.1) is 0 Å². The topological polar surface area (TPSA) is 67.0 Å². The Morgan fingerprint density at radius 2 is 2.00 bits per heavy atom. The number of rotatable bonds is 4. The molecule has 2 saturated heterocycles. The van der Waals surface area contributed by atoms with Gasteiger partial charge in [0, 0.05) is 61.4 Å². The van der Waals surface area contributed by atoms with Crippen LogP contribution in [0.5, 0.6) is 0 Å². The average molecular weight is 548 g/mol. The van der Waals surface area contributed by atoms with Gasteiger partial charge in [0.25, 0.3) is 0 Å². The molecule has 3 heterocycles. The van der Waals surface area contributed by atoms with E-state index in [0.29, 0.717) is 12.5 Å². The zero-order valence-electron chi connectivity index (χ0n) is 16.3. The number of nitrogens with two attached hydrogens (primary N) is 1. The molecule has 0 aliphatic carbocycles. The third-order valence-electron chi connectivity index (χ3n) is 5.72. The summed E-state index contributed by atoms with van der Waals surface area (Å²) in [4.78, 5) is 13.7. The van der Waals surface area contributed by atoms with Crippen molar-refractivity contribution in [3.05, 3.63) is 46.4 Å². The monoisotopic (exact) mass is 547 g/mol. The minimum absolute atomic E-state index is 0. The lowest BCUT2D eigenvalue weighted by Crippen LogP contribution is -2.51. The molecule has 0 unspecified atom stereocenters. The minimum Gasteiger partial charge on any atom is -0.381 e. The number of aliphatic imine (C=N–C) groups is 1. The number of ether oxygens (including phenoxy) is 1. The van der Waals surface area contributed by atoms with E-state index in [9.17, 15) is 0 Å². The second kappa shape index (κ2) is 10.3. The zero-order chi connectivity index (χ0) is 19.4. The zero-order valence-corrected chi connectivity index (χ0v) is 20.2. The smallest absolute Gasteiger partial charge is 0.191 e. The van der Waals surface area contributed by atoms with Crippen LogP contribution in [0.3, 0.4) is 0 Å². The molecule has 0 saturated carbocycles. The SMILES string of the molecule is I.NC(=NCC1(c2cccc(Cl)c2)CCOCC1)N1CCN(c2nccs2)CC1. The molecule has 9 heteroatoms. The number of guanidine groups is 1. The first kappa shape index (κ1) is 22.6. The van der Waals surface area contributed by atoms with Crippen LogP contribution in [0.2, 0.25) is 5.02 Å². The van der Waals surface area contributed by atoms with Gasteiger partial charge in [-0.3, -0.25) is 4.99 Å². The van der Waals surface area contributed by atoms with Crippen molar-refractivity contribution in [2.45, 2.75) is 18.3 Å². The molecular formula is C20H27ClIN5OS. The number of piperazine rings is 1. The van der Waals surface area contributed by atoms with Gasteiger partial charge in [-0.2, -0.15) is 0 Å². The van der Waals surface area contributed by atoms with Gasteiger partial charge in [-0.25, -0.2) is 4.98 Å². The van der Waals surface area contributed by atoms with Gasteiger partial charge in [0.2, 0.25) is 0 Å². The van der Waals surface area contributed by atoms with Crippen molar-refractivity contribution < 1.29 is 4.74 Å². The van der Waals surface area contributed by atoms with Crippen LogP contribution in [0.1, 0.15) is 18.4 Å². The summed E-state index contributed by atoms with van der Waals surface area (Å²) in [6.45, 7) is 5.70. The maximum Gasteiger partial charge on any atom is 0.191 e. The number of thiazole rings is 1. The molecule has 29 heavy (non-hydrogen) atoms. The standard InChI is InChI=1S/C20H26ClN5OS.HI/c21-17-3-1-2-16(14-17)20(4-11-27-12-5-20)15-24-18(22)25-7-9-26(10-8-25)19-23-6-13-28-19;/h1-3,6,13-14H,4-5,7-12,15H2,(H2,22,24);1H. The molecule has 0 spiro atoms. The van der Waals surface area contributed by atoms with Crippen molar-refractivity contribution in [3.8, 4) is 0 Å². The highest BCUT2D eigenvalue weighted by Crippen LogP contribution is 2.36. The fraction of sp³-hybridized carbons (Fsp3) is 0.500. The predicted molar refractivity (Wildman–Crippen MR) is 131 cm³/mol. The molecule has 0 bridgehead atoms. The van der Waals surface area contributed by atoms with Gasteiger partial charge < -0.3 is 20.3 Å². The van der Waals surface area contributed by atoms with E-state index in [1.54, 1.807) is 11.3 Å². The first-order valence-corrected chi connectivity index (χ1v) is 11.0. The summed E-state index contributed by atoms with van der Waals surface area (Å²) < 4.78 is 5.61. The Bertz CT molecular complexity index is 805. The normalized spacial score (nSPS) is 19.7. The first-order chi connectivity index (χ1) is 13.7. The predicted octanol–water partition coefficient (Wildman–Crippen LogP) is 3.60. The Balaban J connectivity index is 0.00000240. The molecular weight excluding hydrogens is 521 g/mol. The van der Waals surface area contributed by atoms with E-state index in [0.717, 1.165) is 62.4 Å². The third-order valence-corrected chi connectivity index (χ3v) is 6.79. The second-order valence-electron chi connectivity index (χ2n) is 7.37. The number of benzene rings is 1. The van der Waals surface area contributed by atoms with Crippen LogP contribution in [0.15, 0.2) is 40.8 Å². The molecule has 0 amide bonds. The number of anilines is 1. The molecule has 0 radical (unpaired) electrons. The fourth-order valence-corrected chi connectivity index (χ4v) is 4.84. The number of aromatic nitrogens is 1. The van der Waals surface area contributed by atoms with E-state index < -0.39 is 0 Å². The maximum absolute atomic E-state index is 6.38. The van der Waals surface area contributed by atoms with Crippen molar-refractivity contribution in [1.82, 2.24) is 9.88 Å². The van der Waals surface area contributed by atoms with Gasteiger partial charge in [0.1, 0.15) is 0 Å². The lowest BCUT2D eigenvalue weighted by molar-refractivity contribution is 0.0530. The maximum atomic E-state index is 6.38. The summed E-state index contributed by atoms with van der Waals surface area (Å²) >= 11 is 7.94. The van der Waals surface area contributed by atoms with Gasteiger partial charge in [0.15, 0.2) is 11.1 Å². The number of halogens is 2. The number of hydrogen-bond acceptors (Lipinski definition) is 5. The highest BCUT2D eigenvalue weighted by Gasteiger charge is 2.35. The summed E-state index contributed by atoms with van der Waals surface area (Å²) in [5.41, 5.74) is 7.55. The van der Waals surface area contributed by atoms with Crippen LogP contribution in [-0.2, 0) is 10.2 Å². The van der Waals surface area contributed by atoms with Gasteiger partial charge in [-0.1, -0.05) is 23.7 Å². The van der Waals surface area contributed by atoms with Gasteiger partial charge in [-0.05, 0) is 30.5 Å². The molecule has 1 aromatic heterocycles. The largest absolute Gasteiger partial charge is 0.381 e. The molecule has 2 fully saturated rings. The van der Waals surface area contributed by atoms with Crippen molar-refractivity contribution in [2.24, 2.45) is 10.7 Å². The molecule has 0 atom stereocenters. The molecule has 2 aliphatic rings. The van der Waals surface area contributed by atoms with Crippen LogP contribution < -0.4 is 10.6 Å². The summed E-state index contributed by atoms with van der Waals surface area (Å²) in [6.07, 6.45) is 3.72. The van der Waals surface area contributed by atoms with Gasteiger partial charge >= 0.3 is 0 Å². The van der Waals surface area contributed by atoms with Crippen LogP contribution >= 0.6 is 46.9 Å². The molecule has 2 aliphatic heterocycles. The Kier molecular flexibility index (Phi) is 8.00. The summed E-state index contributed by atoms with van der Waals surface area (Å²) in [5.74, 6) is 0.631. The van der Waals surface area contributed by atoms with Crippen LogP contribution in [0.25, 0.3) is 0 Å². The third kappa shape index (κ3) is 5.34. The first-order valence-electron chi connectivity index (χ1n) is 9.69.